The van der Waals surface area contributed by atoms with Crippen LogP contribution in [0.5, 0.6) is 0 Å². The first-order valence-electron chi connectivity index (χ1n) is 5.77. The molecule has 0 saturated heterocycles. The van der Waals surface area contributed by atoms with Gasteiger partial charge in [-0.05, 0) is 38.5 Å². The van der Waals surface area contributed by atoms with E-state index in [2.05, 4.69) is 5.32 Å². The van der Waals surface area contributed by atoms with Crippen LogP contribution >= 0.6 is 23.2 Å². The van der Waals surface area contributed by atoms with E-state index in [1.54, 1.807) is 20.8 Å². The third-order valence-electron chi connectivity index (χ3n) is 2.19. The molecule has 0 aliphatic carbocycles. The minimum Gasteiger partial charge on any atom is -0.479 e. The van der Waals surface area contributed by atoms with Crippen molar-refractivity contribution in [2.24, 2.45) is 0 Å². The van der Waals surface area contributed by atoms with E-state index in [4.69, 9.17) is 27.9 Å². The van der Waals surface area contributed by atoms with Gasteiger partial charge in [0, 0.05) is 0 Å². The van der Waals surface area contributed by atoms with Crippen LogP contribution < -0.4 is 5.32 Å². The molecule has 0 bridgehead atoms. The largest absolute Gasteiger partial charge is 0.479 e. The summed E-state index contributed by atoms with van der Waals surface area (Å²) in [6.07, 6.45) is -0.823. The van der Waals surface area contributed by atoms with Crippen LogP contribution in [0, 0.1) is 0 Å². The van der Waals surface area contributed by atoms with Crippen molar-refractivity contribution in [2.75, 3.05) is 0 Å². The van der Waals surface area contributed by atoms with Crippen molar-refractivity contribution in [1.82, 2.24) is 5.32 Å². The van der Waals surface area contributed by atoms with Crippen LogP contribution in [-0.4, -0.2) is 22.8 Å². The van der Waals surface area contributed by atoms with Gasteiger partial charge in [0.25, 0.3) is 0 Å². The molecule has 1 amide bonds. The fourth-order valence-corrected chi connectivity index (χ4v) is 1.71. The average molecular weight is 320 g/mol. The normalized spacial score (nSPS) is 12.7. The molecule has 1 aromatic carbocycles. The predicted octanol–water partition coefficient (Wildman–Crippen LogP) is 3.64. The molecule has 0 heterocycles. The van der Waals surface area contributed by atoms with Gasteiger partial charge < -0.3 is 15.2 Å². The van der Waals surface area contributed by atoms with Crippen LogP contribution in [0.2, 0.25) is 10.0 Å². The molecule has 0 aliphatic heterocycles. The van der Waals surface area contributed by atoms with Gasteiger partial charge >= 0.3 is 12.1 Å². The highest BCUT2D eigenvalue weighted by Crippen LogP contribution is 2.26. The number of ether oxygens (including phenoxy) is 1. The van der Waals surface area contributed by atoms with E-state index in [-0.39, 0.29) is 5.02 Å². The summed E-state index contributed by atoms with van der Waals surface area (Å²) in [5.74, 6) is -1.23. The highest BCUT2D eigenvalue weighted by molar-refractivity contribution is 6.42. The third kappa shape index (κ3) is 4.90. The van der Waals surface area contributed by atoms with Crippen molar-refractivity contribution in [1.29, 1.82) is 0 Å². The second kappa shape index (κ2) is 6.33. The highest BCUT2D eigenvalue weighted by atomic mass is 35.5. The lowest BCUT2D eigenvalue weighted by atomic mass is 10.1. The Hall–Kier alpha value is -1.46. The number of carboxylic acid groups (broad SMARTS) is 1. The van der Waals surface area contributed by atoms with Crippen molar-refractivity contribution >= 4 is 35.3 Å². The number of rotatable bonds is 3. The third-order valence-corrected chi connectivity index (χ3v) is 2.92. The number of hydrogen-bond donors (Lipinski definition) is 2. The van der Waals surface area contributed by atoms with Crippen LogP contribution in [0.15, 0.2) is 18.2 Å². The summed E-state index contributed by atoms with van der Waals surface area (Å²) < 4.78 is 5.02. The summed E-state index contributed by atoms with van der Waals surface area (Å²) in [6.45, 7) is 5.05. The summed E-state index contributed by atoms with van der Waals surface area (Å²) in [5.41, 5.74) is -0.414. The standard InChI is InChI=1S/C13H15Cl2NO4/c1-13(2,3)20-12(19)16-10(11(17)18)7-4-5-8(14)9(15)6-7/h4-6,10H,1-3H3,(H,16,19)(H,17,18). The molecule has 110 valence electrons. The monoisotopic (exact) mass is 319 g/mol. The molecular weight excluding hydrogens is 305 g/mol. The number of nitrogens with one attached hydrogen (secondary N) is 1. The van der Waals surface area contributed by atoms with Crippen molar-refractivity contribution in [3.05, 3.63) is 33.8 Å². The van der Waals surface area contributed by atoms with Crippen LogP contribution in [0.25, 0.3) is 0 Å². The molecule has 0 saturated carbocycles. The molecule has 1 rings (SSSR count). The van der Waals surface area contributed by atoms with Gasteiger partial charge in [-0.2, -0.15) is 0 Å². The second-order valence-corrected chi connectivity index (χ2v) is 5.91. The zero-order valence-electron chi connectivity index (χ0n) is 11.2. The first-order chi connectivity index (χ1) is 9.10. The Morgan fingerprint density at radius 2 is 1.85 bits per heavy atom. The first-order valence-corrected chi connectivity index (χ1v) is 6.53. The Morgan fingerprint density at radius 1 is 1.25 bits per heavy atom. The van der Waals surface area contributed by atoms with Gasteiger partial charge in [0.05, 0.1) is 10.0 Å². The van der Waals surface area contributed by atoms with Crippen LogP contribution in [-0.2, 0) is 9.53 Å². The van der Waals surface area contributed by atoms with Gasteiger partial charge in [0.2, 0.25) is 0 Å². The summed E-state index contributed by atoms with van der Waals surface area (Å²) in [5, 5.41) is 12.0. The highest BCUT2D eigenvalue weighted by Gasteiger charge is 2.25. The van der Waals surface area contributed by atoms with Gasteiger partial charge in [0.1, 0.15) is 5.60 Å². The fourth-order valence-electron chi connectivity index (χ4n) is 1.40. The number of halogens is 2. The molecule has 1 aromatic rings. The van der Waals surface area contributed by atoms with Crippen molar-refractivity contribution in [3.8, 4) is 0 Å². The molecule has 0 spiro atoms. The van der Waals surface area contributed by atoms with E-state index in [1.165, 1.54) is 18.2 Å². The Labute approximate surface area is 126 Å². The minimum atomic E-state index is -1.26. The van der Waals surface area contributed by atoms with Gasteiger partial charge in [-0.3, -0.25) is 0 Å². The SMILES string of the molecule is CC(C)(C)OC(=O)NC(C(=O)O)c1ccc(Cl)c(Cl)c1. The number of carbonyl (C=O) groups is 2. The van der Waals surface area contributed by atoms with Crippen LogP contribution in [0.3, 0.4) is 0 Å². The smallest absolute Gasteiger partial charge is 0.408 e. The van der Waals surface area contributed by atoms with E-state index in [1.807, 2.05) is 0 Å². The lowest BCUT2D eigenvalue weighted by Crippen LogP contribution is -2.38. The van der Waals surface area contributed by atoms with Crippen molar-refractivity contribution < 1.29 is 19.4 Å². The summed E-state index contributed by atoms with van der Waals surface area (Å²) in [7, 11) is 0. The van der Waals surface area contributed by atoms with Crippen molar-refractivity contribution in [3.63, 3.8) is 0 Å². The van der Waals surface area contributed by atoms with Crippen molar-refractivity contribution in [2.45, 2.75) is 32.4 Å². The predicted molar refractivity (Wildman–Crippen MR) is 76.2 cm³/mol. The Morgan fingerprint density at radius 3 is 2.30 bits per heavy atom. The molecule has 7 heteroatoms. The summed E-state index contributed by atoms with van der Waals surface area (Å²) in [6, 6.07) is 3.07. The molecule has 0 aliphatic rings. The van der Waals surface area contributed by atoms with Gasteiger partial charge in [-0.25, -0.2) is 9.59 Å². The molecule has 0 radical (unpaired) electrons. The molecule has 2 N–H and O–H groups in total. The van der Waals surface area contributed by atoms with Gasteiger partial charge in [0.15, 0.2) is 6.04 Å². The number of carboxylic acids is 1. The fraction of sp³-hybridized carbons (Fsp3) is 0.385. The van der Waals surface area contributed by atoms with Gasteiger partial charge in [-0.1, -0.05) is 29.3 Å². The molecular formula is C13H15Cl2NO4. The molecule has 0 aromatic heterocycles. The quantitative estimate of drug-likeness (QED) is 0.891. The number of amides is 1. The second-order valence-electron chi connectivity index (χ2n) is 5.09. The Kier molecular flexibility index (Phi) is 5.25. The molecule has 1 unspecified atom stereocenters. The maximum absolute atomic E-state index is 11.6. The first kappa shape index (κ1) is 16.6. The van der Waals surface area contributed by atoms with Gasteiger partial charge in [-0.15, -0.1) is 0 Å². The van der Waals surface area contributed by atoms with Crippen LogP contribution in [0.4, 0.5) is 4.79 Å². The van der Waals surface area contributed by atoms with E-state index < -0.39 is 23.7 Å². The Balaban J connectivity index is 2.92. The Bertz CT molecular complexity index is 526. The lowest BCUT2D eigenvalue weighted by molar-refractivity contribution is -0.139. The van der Waals surface area contributed by atoms with E-state index in [9.17, 15) is 14.7 Å². The average Bonchev–Trinajstić information content (AvgIpc) is 2.27. The molecule has 1 atom stereocenters. The maximum atomic E-state index is 11.6. The molecule has 0 fully saturated rings. The molecule has 5 nitrogen and oxygen atoms in total. The topological polar surface area (TPSA) is 75.6 Å². The lowest BCUT2D eigenvalue weighted by Gasteiger charge is -2.22. The van der Waals surface area contributed by atoms with E-state index in [0.29, 0.717) is 10.6 Å². The minimum absolute atomic E-state index is 0.210. The number of hydrogen-bond acceptors (Lipinski definition) is 3. The van der Waals surface area contributed by atoms with E-state index in [0.717, 1.165) is 0 Å². The zero-order valence-corrected chi connectivity index (χ0v) is 12.7. The zero-order chi connectivity index (χ0) is 15.5. The summed E-state index contributed by atoms with van der Waals surface area (Å²) in [4.78, 5) is 22.9. The molecule has 20 heavy (non-hydrogen) atoms. The number of benzene rings is 1. The number of alkyl carbamates (subject to hydrolysis) is 1. The number of carbonyl (C=O) groups excluding carboxylic acids is 1. The maximum Gasteiger partial charge on any atom is 0.408 e. The van der Waals surface area contributed by atoms with Crippen LogP contribution in [0.1, 0.15) is 32.4 Å². The number of aliphatic carboxylic acids is 1. The van der Waals surface area contributed by atoms with E-state index >= 15 is 0 Å². The summed E-state index contributed by atoms with van der Waals surface area (Å²) >= 11 is 11.6.